The Balaban J connectivity index is 1.79. The first-order valence-corrected chi connectivity index (χ1v) is 10.4. The number of hydrogen-bond donors (Lipinski definition) is 7. The number of phosphoric ester groups is 1. The highest BCUT2D eigenvalue weighted by atomic mass is 31.3. The second-order valence-corrected chi connectivity index (χ2v) is 8.49. The van der Waals surface area contributed by atoms with E-state index in [9.17, 15) is 29.0 Å². The van der Waals surface area contributed by atoms with Gasteiger partial charge in [0.1, 0.15) is 18.3 Å². The van der Waals surface area contributed by atoms with Crippen molar-refractivity contribution in [3.05, 3.63) is 16.7 Å². The van der Waals surface area contributed by atoms with Crippen LogP contribution in [0.5, 0.6) is 0 Å². The van der Waals surface area contributed by atoms with Gasteiger partial charge >= 0.3 is 15.6 Å². The zero-order chi connectivity index (χ0) is 20.9. The average Bonchev–Trinajstić information content (AvgIpc) is 3.06. The van der Waals surface area contributed by atoms with Crippen molar-refractivity contribution in [3.63, 3.8) is 0 Å². The molecule has 28 heavy (non-hydrogen) atoms. The van der Waals surface area contributed by atoms with E-state index in [-0.39, 0.29) is 17.1 Å². The summed E-state index contributed by atoms with van der Waals surface area (Å²) in [5, 5.41) is 20.3. The number of nitrogen functional groups attached to an aromatic ring is 1. The van der Waals surface area contributed by atoms with Gasteiger partial charge in [-0.3, -0.25) is 18.9 Å². The molecule has 0 aromatic carbocycles. The molecule has 2 aromatic heterocycles. The van der Waals surface area contributed by atoms with E-state index in [1.807, 2.05) is 0 Å². The van der Waals surface area contributed by atoms with Crippen LogP contribution in [-0.4, -0.2) is 69.3 Å². The second kappa shape index (κ2) is 7.27. The molecule has 5 atom stereocenters. The maximum Gasteiger partial charge on any atom is 0.481 e. The molecule has 0 aliphatic carbocycles. The van der Waals surface area contributed by atoms with E-state index in [0.29, 0.717) is 0 Å². The Labute approximate surface area is 154 Å². The molecule has 0 bridgehead atoms. The Kier molecular flexibility index (Phi) is 5.46. The molecule has 18 heteroatoms. The summed E-state index contributed by atoms with van der Waals surface area (Å²) in [6.45, 7) is -0.870. The fraction of sp³-hybridized carbons (Fsp3) is 0.500. The van der Waals surface area contributed by atoms with Gasteiger partial charge in [0.05, 0.1) is 12.9 Å². The lowest BCUT2D eigenvalue weighted by atomic mass is 10.1. The van der Waals surface area contributed by atoms with Crippen molar-refractivity contribution >= 4 is 32.8 Å². The molecule has 1 fully saturated rings. The van der Waals surface area contributed by atoms with Crippen LogP contribution in [0.3, 0.4) is 0 Å². The lowest BCUT2D eigenvalue weighted by molar-refractivity contribution is -0.0503. The third-order valence-corrected chi connectivity index (χ3v) is 5.83. The predicted molar refractivity (Wildman–Crippen MR) is 87.4 cm³/mol. The number of nitrogens with one attached hydrogen (secondary N) is 1. The van der Waals surface area contributed by atoms with Gasteiger partial charge in [0.25, 0.3) is 5.56 Å². The van der Waals surface area contributed by atoms with Gasteiger partial charge in [0.15, 0.2) is 17.4 Å². The topological polar surface area (TPSA) is 253 Å². The van der Waals surface area contributed by atoms with Crippen molar-refractivity contribution in [3.8, 4) is 0 Å². The molecule has 1 aliphatic rings. The largest absolute Gasteiger partial charge is 0.481 e. The standard InChI is InChI=1S/C10H15N5O11P2/c11-10-13-7-4(8(18)14-10)12-2-15(7)9-6(17)5(16)3(25-9)1-24-28(22,23)26-27(19,20)21/h2-3,5-6,9,16-17H,1H2,(H,22,23)(H2,19,20,21)(H3,11,13,14,18)/t3-,5+,6-,9-/m0/s1. The van der Waals surface area contributed by atoms with E-state index in [0.717, 1.165) is 10.9 Å². The van der Waals surface area contributed by atoms with E-state index in [1.54, 1.807) is 0 Å². The highest BCUT2D eigenvalue weighted by Gasteiger charge is 2.46. The Hall–Kier alpha value is -1.71. The van der Waals surface area contributed by atoms with Gasteiger partial charge in [0.2, 0.25) is 5.95 Å². The number of aromatic amines is 1. The SMILES string of the molecule is Nc1nc2c(ncn2[C@H]2O[C@@H](COP(=O)(O)OP(=O)(O)O)[C@@H](O)[C@@H]2O)c(=O)[nH]1. The number of imidazole rings is 1. The molecule has 0 saturated carbocycles. The molecule has 0 amide bonds. The fourth-order valence-electron chi connectivity index (χ4n) is 2.55. The van der Waals surface area contributed by atoms with E-state index in [1.165, 1.54) is 0 Å². The number of nitrogens with two attached hydrogens (primary N) is 1. The van der Waals surface area contributed by atoms with Crippen molar-refractivity contribution in [1.82, 2.24) is 19.5 Å². The van der Waals surface area contributed by atoms with Crippen LogP contribution >= 0.6 is 15.6 Å². The second-order valence-electron chi connectivity index (χ2n) is 5.66. The van der Waals surface area contributed by atoms with Crippen LogP contribution in [0, 0.1) is 0 Å². The maximum absolute atomic E-state index is 11.8. The zero-order valence-corrected chi connectivity index (χ0v) is 15.4. The molecular formula is C10H15N5O11P2. The number of phosphoric acid groups is 2. The molecule has 16 nitrogen and oxygen atoms in total. The lowest BCUT2D eigenvalue weighted by Crippen LogP contribution is -2.33. The van der Waals surface area contributed by atoms with Crippen LogP contribution in [0.25, 0.3) is 11.2 Å². The minimum Gasteiger partial charge on any atom is -0.387 e. The maximum atomic E-state index is 11.8. The predicted octanol–water partition coefficient (Wildman–Crippen LogP) is -2.45. The molecule has 0 spiro atoms. The van der Waals surface area contributed by atoms with Crippen LogP contribution in [-0.2, 0) is 22.7 Å². The average molecular weight is 443 g/mol. The van der Waals surface area contributed by atoms with Gasteiger partial charge in [-0.05, 0) is 0 Å². The molecular weight excluding hydrogens is 428 g/mol. The van der Waals surface area contributed by atoms with Gasteiger partial charge in [0, 0.05) is 0 Å². The van der Waals surface area contributed by atoms with Crippen LogP contribution in [0.1, 0.15) is 6.23 Å². The molecule has 2 aromatic rings. The molecule has 1 unspecified atom stereocenters. The number of H-pyrrole nitrogens is 1. The number of ether oxygens (including phenoxy) is 1. The Morgan fingerprint density at radius 2 is 1.96 bits per heavy atom. The number of aromatic nitrogens is 4. The number of aliphatic hydroxyl groups is 2. The van der Waals surface area contributed by atoms with Crippen molar-refractivity contribution < 1.29 is 47.6 Å². The summed E-state index contributed by atoms with van der Waals surface area (Å²) >= 11 is 0. The summed E-state index contributed by atoms with van der Waals surface area (Å²) in [4.78, 5) is 48.1. The normalized spacial score (nSPS) is 27.9. The summed E-state index contributed by atoms with van der Waals surface area (Å²) in [6, 6.07) is 0. The monoisotopic (exact) mass is 443 g/mol. The van der Waals surface area contributed by atoms with Crippen LogP contribution < -0.4 is 11.3 Å². The lowest BCUT2D eigenvalue weighted by Gasteiger charge is -2.17. The van der Waals surface area contributed by atoms with E-state index < -0.39 is 52.4 Å². The fourth-order valence-corrected chi connectivity index (χ4v) is 4.15. The minimum absolute atomic E-state index is 0.0586. The summed E-state index contributed by atoms with van der Waals surface area (Å²) in [5.41, 5.74) is 4.65. The zero-order valence-electron chi connectivity index (χ0n) is 13.6. The van der Waals surface area contributed by atoms with Crippen molar-refractivity contribution in [2.75, 3.05) is 12.3 Å². The number of fused-ring (bicyclic) bond motifs is 1. The van der Waals surface area contributed by atoms with Crippen LogP contribution in [0.4, 0.5) is 5.95 Å². The summed E-state index contributed by atoms with van der Waals surface area (Å²) in [5.74, 6) is -0.233. The van der Waals surface area contributed by atoms with Gasteiger partial charge < -0.3 is 35.4 Å². The quantitative estimate of drug-likeness (QED) is 0.229. The van der Waals surface area contributed by atoms with E-state index in [4.69, 9.17) is 20.3 Å². The molecule has 1 saturated heterocycles. The van der Waals surface area contributed by atoms with Crippen molar-refractivity contribution in [2.45, 2.75) is 24.5 Å². The first-order chi connectivity index (χ1) is 12.9. The Bertz CT molecular complexity index is 1030. The van der Waals surface area contributed by atoms with Crippen molar-refractivity contribution in [1.29, 1.82) is 0 Å². The highest BCUT2D eigenvalue weighted by molar-refractivity contribution is 7.60. The van der Waals surface area contributed by atoms with Gasteiger partial charge in [-0.25, -0.2) is 14.1 Å². The van der Waals surface area contributed by atoms with Crippen molar-refractivity contribution in [2.24, 2.45) is 0 Å². The summed E-state index contributed by atoms with van der Waals surface area (Å²) < 4.78 is 36.6. The molecule has 3 rings (SSSR count). The van der Waals surface area contributed by atoms with Gasteiger partial charge in [-0.15, -0.1) is 0 Å². The summed E-state index contributed by atoms with van der Waals surface area (Å²) in [7, 11) is -10.5. The minimum atomic E-state index is -5.32. The van der Waals surface area contributed by atoms with E-state index in [2.05, 4.69) is 23.8 Å². The molecule has 3 heterocycles. The number of aliphatic hydroxyl groups excluding tert-OH is 2. The first-order valence-electron chi connectivity index (χ1n) is 7.36. The summed E-state index contributed by atoms with van der Waals surface area (Å²) in [6.07, 6.45) is -4.88. The highest BCUT2D eigenvalue weighted by Crippen LogP contribution is 2.57. The number of nitrogens with zero attached hydrogens (tertiary/aromatic N) is 3. The van der Waals surface area contributed by atoms with Gasteiger partial charge in [-0.1, -0.05) is 0 Å². The third-order valence-electron chi connectivity index (χ3n) is 3.67. The molecule has 156 valence electrons. The first kappa shape index (κ1) is 21.0. The smallest absolute Gasteiger partial charge is 0.387 e. The molecule has 0 radical (unpaired) electrons. The molecule has 8 N–H and O–H groups in total. The number of rotatable bonds is 6. The number of anilines is 1. The number of hydrogen-bond acceptors (Lipinski definition) is 11. The van der Waals surface area contributed by atoms with Crippen LogP contribution in [0.15, 0.2) is 11.1 Å². The van der Waals surface area contributed by atoms with Crippen LogP contribution in [0.2, 0.25) is 0 Å². The van der Waals surface area contributed by atoms with E-state index >= 15 is 0 Å². The third kappa shape index (κ3) is 4.31. The Morgan fingerprint density at radius 1 is 1.29 bits per heavy atom. The Morgan fingerprint density at radius 3 is 2.61 bits per heavy atom. The molecule has 1 aliphatic heterocycles. The van der Waals surface area contributed by atoms with Gasteiger partial charge in [-0.2, -0.15) is 9.29 Å².